The minimum atomic E-state index is 0.316. The molecule has 0 aliphatic heterocycles. The maximum Gasteiger partial charge on any atom is 0.203 e. The third-order valence-corrected chi connectivity index (χ3v) is 1.71. The number of aliphatic imine (C=N–C) groups is 1. The summed E-state index contributed by atoms with van der Waals surface area (Å²) in [6.07, 6.45) is 7.42. The number of allylic oxidation sites excluding steroid dienone is 1. The van der Waals surface area contributed by atoms with E-state index in [0.717, 1.165) is 19.3 Å². The highest BCUT2D eigenvalue weighted by Crippen LogP contribution is 2.13. The van der Waals surface area contributed by atoms with Crippen LogP contribution >= 0.6 is 0 Å². The monoisotopic (exact) mass is 154 g/mol. The lowest BCUT2D eigenvalue weighted by atomic mass is 10.0. The van der Waals surface area contributed by atoms with Crippen molar-refractivity contribution in [1.29, 1.82) is 0 Å². The SMILES string of the molecule is NNC(N)=NC1CC=CCC1. The topological polar surface area (TPSA) is 76.4 Å². The molecule has 1 atom stereocenters. The molecule has 0 fully saturated rings. The number of hydrogen-bond acceptors (Lipinski definition) is 2. The van der Waals surface area contributed by atoms with E-state index in [1.807, 2.05) is 0 Å². The maximum atomic E-state index is 5.39. The van der Waals surface area contributed by atoms with Crippen LogP contribution in [0.25, 0.3) is 0 Å². The highest BCUT2D eigenvalue weighted by Gasteiger charge is 2.07. The van der Waals surface area contributed by atoms with Crippen molar-refractivity contribution in [1.82, 2.24) is 5.43 Å². The summed E-state index contributed by atoms with van der Waals surface area (Å²) in [6.45, 7) is 0. The molecule has 0 bridgehead atoms. The average Bonchev–Trinajstić information content (AvgIpc) is 2.06. The van der Waals surface area contributed by atoms with Gasteiger partial charge in [0.1, 0.15) is 0 Å². The Morgan fingerprint density at radius 3 is 2.91 bits per heavy atom. The molecule has 4 nitrogen and oxygen atoms in total. The van der Waals surface area contributed by atoms with Crippen LogP contribution in [0.1, 0.15) is 19.3 Å². The van der Waals surface area contributed by atoms with E-state index in [1.54, 1.807) is 0 Å². The van der Waals surface area contributed by atoms with Crippen LogP contribution in [0, 0.1) is 0 Å². The number of guanidine groups is 1. The number of rotatable bonds is 1. The second-order valence-electron chi connectivity index (χ2n) is 2.60. The Hall–Kier alpha value is -1.03. The zero-order chi connectivity index (χ0) is 8.10. The number of nitrogens with zero attached hydrogens (tertiary/aromatic N) is 1. The molecule has 1 aliphatic rings. The first-order valence-corrected chi connectivity index (χ1v) is 3.78. The van der Waals surface area contributed by atoms with Gasteiger partial charge in [0.25, 0.3) is 0 Å². The predicted octanol–water partition coefficient (Wildman–Crippen LogP) is -0.127. The van der Waals surface area contributed by atoms with Gasteiger partial charge in [-0.3, -0.25) is 5.43 Å². The molecule has 1 aliphatic carbocycles. The van der Waals surface area contributed by atoms with Gasteiger partial charge in [-0.15, -0.1) is 0 Å². The van der Waals surface area contributed by atoms with Crippen LogP contribution < -0.4 is 17.0 Å². The fraction of sp³-hybridized carbons (Fsp3) is 0.571. The highest BCUT2D eigenvalue weighted by molar-refractivity contribution is 5.77. The Morgan fingerprint density at radius 2 is 2.36 bits per heavy atom. The Kier molecular flexibility index (Phi) is 2.92. The minimum absolute atomic E-state index is 0.316. The Labute approximate surface area is 66.3 Å². The summed E-state index contributed by atoms with van der Waals surface area (Å²) >= 11 is 0. The number of nitrogens with two attached hydrogens (primary N) is 2. The zero-order valence-corrected chi connectivity index (χ0v) is 6.46. The van der Waals surface area contributed by atoms with Crippen LogP contribution in [0.3, 0.4) is 0 Å². The normalized spacial score (nSPS) is 25.2. The van der Waals surface area contributed by atoms with Gasteiger partial charge < -0.3 is 5.73 Å². The molecule has 5 N–H and O–H groups in total. The van der Waals surface area contributed by atoms with Crippen LogP contribution in [-0.2, 0) is 0 Å². The standard InChI is InChI=1S/C7H14N4/c8-7(11-9)10-6-4-2-1-3-5-6/h1-2,6H,3-5,9H2,(H3,8,10,11). The van der Waals surface area contributed by atoms with Gasteiger partial charge in [-0.1, -0.05) is 12.2 Å². The van der Waals surface area contributed by atoms with Crippen molar-refractivity contribution < 1.29 is 0 Å². The van der Waals surface area contributed by atoms with Crippen molar-refractivity contribution in [2.24, 2.45) is 16.6 Å². The summed E-state index contributed by atoms with van der Waals surface area (Å²) < 4.78 is 0. The van der Waals surface area contributed by atoms with Crippen LogP contribution in [0.4, 0.5) is 0 Å². The van der Waals surface area contributed by atoms with E-state index in [0.29, 0.717) is 12.0 Å². The molecule has 4 heteroatoms. The summed E-state index contributed by atoms with van der Waals surface area (Å²) in [4.78, 5) is 4.16. The molecule has 0 aromatic rings. The van der Waals surface area contributed by atoms with Gasteiger partial charge in [-0.05, 0) is 19.3 Å². The van der Waals surface area contributed by atoms with E-state index in [2.05, 4.69) is 22.6 Å². The quantitative estimate of drug-likeness (QED) is 0.162. The van der Waals surface area contributed by atoms with Crippen molar-refractivity contribution in [2.75, 3.05) is 0 Å². The lowest BCUT2D eigenvalue weighted by molar-refractivity contribution is 0.605. The third kappa shape index (κ3) is 2.59. The first-order valence-electron chi connectivity index (χ1n) is 3.78. The maximum absolute atomic E-state index is 5.39. The second kappa shape index (κ2) is 3.98. The molecule has 1 unspecified atom stereocenters. The Bertz CT molecular complexity index is 173. The average molecular weight is 154 g/mol. The summed E-state index contributed by atoms with van der Waals surface area (Å²) in [6, 6.07) is 0.316. The molecule has 0 amide bonds. The van der Waals surface area contributed by atoms with E-state index in [9.17, 15) is 0 Å². The number of hydrazine groups is 1. The van der Waals surface area contributed by atoms with E-state index >= 15 is 0 Å². The van der Waals surface area contributed by atoms with Crippen molar-refractivity contribution in [3.05, 3.63) is 12.2 Å². The largest absolute Gasteiger partial charge is 0.369 e. The van der Waals surface area contributed by atoms with Crippen LogP contribution in [0.15, 0.2) is 17.1 Å². The summed E-state index contributed by atoms with van der Waals surface area (Å²) in [7, 11) is 0. The van der Waals surface area contributed by atoms with Crippen LogP contribution in [0.2, 0.25) is 0 Å². The van der Waals surface area contributed by atoms with Crippen molar-refractivity contribution >= 4 is 5.96 Å². The fourth-order valence-corrected chi connectivity index (χ4v) is 1.13. The summed E-state index contributed by atoms with van der Waals surface area (Å²) in [5, 5.41) is 0. The molecule has 0 heterocycles. The van der Waals surface area contributed by atoms with Gasteiger partial charge in [0, 0.05) is 0 Å². The van der Waals surface area contributed by atoms with Crippen molar-refractivity contribution in [3.8, 4) is 0 Å². The van der Waals surface area contributed by atoms with E-state index in [1.165, 1.54) is 0 Å². The van der Waals surface area contributed by atoms with Gasteiger partial charge in [0.15, 0.2) is 0 Å². The van der Waals surface area contributed by atoms with E-state index in [4.69, 9.17) is 11.6 Å². The van der Waals surface area contributed by atoms with Gasteiger partial charge in [-0.25, -0.2) is 10.8 Å². The van der Waals surface area contributed by atoms with E-state index < -0.39 is 0 Å². The third-order valence-electron chi connectivity index (χ3n) is 1.71. The van der Waals surface area contributed by atoms with Crippen LogP contribution in [0.5, 0.6) is 0 Å². The molecule has 0 radical (unpaired) electrons. The van der Waals surface area contributed by atoms with Gasteiger partial charge in [0.2, 0.25) is 5.96 Å². The molecule has 11 heavy (non-hydrogen) atoms. The smallest absolute Gasteiger partial charge is 0.203 e. The van der Waals surface area contributed by atoms with Crippen molar-refractivity contribution in [3.63, 3.8) is 0 Å². The van der Waals surface area contributed by atoms with Gasteiger partial charge >= 0.3 is 0 Å². The number of nitrogens with one attached hydrogen (secondary N) is 1. The lowest BCUT2D eigenvalue weighted by Gasteiger charge is -2.13. The van der Waals surface area contributed by atoms with Gasteiger partial charge in [-0.2, -0.15) is 0 Å². The van der Waals surface area contributed by atoms with E-state index in [-0.39, 0.29) is 0 Å². The molecule has 0 saturated carbocycles. The molecule has 0 aromatic heterocycles. The predicted molar refractivity (Wildman–Crippen MR) is 45.7 cm³/mol. The first-order chi connectivity index (χ1) is 5.33. The minimum Gasteiger partial charge on any atom is -0.369 e. The molecule has 1 rings (SSSR count). The second-order valence-corrected chi connectivity index (χ2v) is 2.60. The summed E-state index contributed by atoms with van der Waals surface area (Å²) in [5.74, 6) is 5.39. The molecule has 62 valence electrons. The van der Waals surface area contributed by atoms with Gasteiger partial charge in [0.05, 0.1) is 6.04 Å². The molecular weight excluding hydrogens is 140 g/mol. The molecular formula is C7H14N4. The lowest BCUT2D eigenvalue weighted by Crippen LogP contribution is -2.38. The molecule has 0 aromatic carbocycles. The molecule has 0 spiro atoms. The Balaban J connectivity index is 2.42. The first kappa shape index (κ1) is 8.07. The number of hydrogen-bond donors (Lipinski definition) is 3. The van der Waals surface area contributed by atoms with Crippen molar-refractivity contribution in [2.45, 2.75) is 25.3 Å². The van der Waals surface area contributed by atoms with Crippen LogP contribution in [-0.4, -0.2) is 12.0 Å². The highest BCUT2D eigenvalue weighted by atomic mass is 15.3. The Morgan fingerprint density at radius 1 is 1.55 bits per heavy atom. The summed E-state index contributed by atoms with van der Waals surface area (Å²) in [5.41, 5.74) is 7.71. The fourth-order valence-electron chi connectivity index (χ4n) is 1.13. The zero-order valence-electron chi connectivity index (χ0n) is 6.46. The molecule has 0 saturated heterocycles.